The number of likely N-dealkylation sites (N-methyl/N-ethyl adjacent to an activating group) is 1. The summed E-state index contributed by atoms with van der Waals surface area (Å²) in [5.74, 6) is 1.01. The molecule has 1 aromatic heterocycles. The SMILES string of the molecule is CCN(CCN)c1ccc(C)cn1. The van der Waals surface area contributed by atoms with Gasteiger partial charge in [-0.05, 0) is 25.5 Å². The summed E-state index contributed by atoms with van der Waals surface area (Å²) in [6.45, 7) is 6.64. The van der Waals surface area contributed by atoms with Gasteiger partial charge in [-0.3, -0.25) is 0 Å². The third-order valence-electron chi connectivity index (χ3n) is 2.00. The molecule has 0 saturated heterocycles. The predicted molar refractivity (Wildman–Crippen MR) is 55.9 cm³/mol. The molecule has 0 bridgehead atoms. The van der Waals surface area contributed by atoms with Crippen LogP contribution in [0.2, 0.25) is 0 Å². The van der Waals surface area contributed by atoms with E-state index in [2.05, 4.69) is 22.9 Å². The molecule has 0 spiro atoms. The largest absolute Gasteiger partial charge is 0.356 e. The third-order valence-corrected chi connectivity index (χ3v) is 2.00. The highest BCUT2D eigenvalue weighted by molar-refractivity contribution is 5.38. The highest BCUT2D eigenvalue weighted by atomic mass is 15.2. The summed E-state index contributed by atoms with van der Waals surface area (Å²) in [4.78, 5) is 6.50. The molecule has 0 aliphatic rings. The summed E-state index contributed by atoms with van der Waals surface area (Å²) in [5, 5.41) is 0. The molecule has 1 aromatic rings. The first kappa shape index (κ1) is 9.99. The normalized spacial score (nSPS) is 10.1. The molecule has 0 fully saturated rings. The molecular formula is C10H17N3. The standard InChI is InChI=1S/C10H17N3/c1-3-13(7-6-11)10-5-4-9(2)8-12-10/h4-5,8H,3,6-7,11H2,1-2H3. The van der Waals surface area contributed by atoms with Crippen LogP contribution >= 0.6 is 0 Å². The number of nitrogens with two attached hydrogens (primary N) is 1. The van der Waals surface area contributed by atoms with E-state index in [1.807, 2.05) is 19.2 Å². The Balaban J connectivity index is 2.73. The lowest BCUT2D eigenvalue weighted by Gasteiger charge is -2.20. The fourth-order valence-electron chi connectivity index (χ4n) is 1.24. The summed E-state index contributed by atoms with van der Waals surface area (Å²) in [6, 6.07) is 4.11. The molecule has 3 heteroatoms. The minimum Gasteiger partial charge on any atom is -0.356 e. The summed E-state index contributed by atoms with van der Waals surface area (Å²) in [7, 11) is 0. The van der Waals surface area contributed by atoms with Crippen molar-refractivity contribution in [2.24, 2.45) is 5.73 Å². The number of anilines is 1. The van der Waals surface area contributed by atoms with Crippen molar-refractivity contribution in [1.29, 1.82) is 0 Å². The lowest BCUT2D eigenvalue weighted by molar-refractivity contribution is 0.801. The van der Waals surface area contributed by atoms with E-state index in [0.717, 1.165) is 18.9 Å². The second-order valence-corrected chi connectivity index (χ2v) is 3.06. The van der Waals surface area contributed by atoms with Crippen molar-refractivity contribution >= 4 is 5.82 Å². The second-order valence-electron chi connectivity index (χ2n) is 3.06. The van der Waals surface area contributed by atoms with Crippen molar-refractivity contribution in [2.45, 2.75) is 13.8 Å². The summed E-state index contributed by atoms with van der Waals surface area (Å²) in [5.41, 5.74) is 6.69. The zero-order valence-electron chi connectivity index (χ0n) is 8.33. The van der Waals surface area contributed by atoms with Crippen LogP contribution in [0, 0.1) is 6.92 Å². The molecule has 0 saturated carbocycles. The molecule has 1 heterocycles. The molecule has 0 aliphatic heterocycles. The van der Waals surface area contributed by atoms with Crippen molar-refractivity contribution in [3.05, 3.63) is 23.9 Å². The molecule has 0 unspecified atom stereocenters. The van der Waals surface area contributed by atoms with Crippen LogP contribution in [0.15, 0.2) is 18.3 Å². The van der Waals surface area contributed by atoms with Crippen LogP contribution in [0.3, 0.4) is 0 Å². The van der Waals surface area contributed by atoms with Gasteiger partial charge in [-0.25, -0.2) is 4.98 Å². The van der Waals surface area contributed by atoms with Crippen molar-refractivity contribution in [3.63, 3.8) is 0 Å². The fourth-order valence-corrected chi connectivity index (χ4v) is 1.24. The summed E-state index contributed by atoms with van der Waals surface area (Å²) >= 11 is 0. The molecule has 1 rings (SSSR count). The highest BCUT2D eigenvalue weighted by Gasteiger charge is 2.02. The number of aryl methyl sites for hydroxylation is 1. The van der Waals surface area contributed by atoms with Gasteiger partial charge < -0.3 is 10.6 Å². The Morgan fingerprint density at radius 2 is 2.23 bits per heavy atom. The monoisotopic (exact) mass is 179 g/mol. The van der Waals surface area contributed by atoms with Gasteiger partial charge in [0, 0.05) is 25.8 Å². The van der Waals surface area contributed by atoms with Crippen LogP contribution in [0.25, 0.3) is 0 Å². The van der Waals surface area contributed by atoms with Gasteiger partial charge in [0.1, 0.15) is 5.82 Å². The molecule has 13 heavy (non-hydrogen) atoms. The topological polar surface area (TPSA) is 42.1 Å². The maximum absolute atomic E-state index is 5.50. The van der Waals surface area contributed by atoms with Crippen molar-refractivity contribution in [2.75, 3.05) is 24.5 Å². The number of aromatic nitrogens is 1. The molecule has 72 valence electrons. The Morgan fingerprint density at radius 3 is 2.69 bits per heavy atom. The van der Waals surface area contributed by atoms with Crippen LogP contribution in [-0.2, 0) is 0 Å². The lowest BCUT2D eigenvalue weighted by Crippen LogP contribution is -2.29. The zero-order valence-corrected chi connectivity index (χ0v) is 8.33. The van der Waals surface area contributed by atoms with Gasteiger partial charge >= 0.3 is 0 Å². The van der Waals surface area contributed by atoms with E-state index in [-0.39, 0.29) is 0 Å². The van der Waals surface area contributed by atoms with E-state index in [1.165, 1.54) is 5.56 Å². The minimum atomic E-state index is 0.670. The number of hydrogen-bond acceptors (Lipinski definition) is 3. The molecular weight excluding hydrogens is 162 g/mol. The molecule has 0 amide bonds. The predicted octanol–water partition coefficient (Wildman–Crippen LogP) is 1.18. The van der Waals surface area contributed by atoms with E-state index in [1.54, 1.807) is 0 Å². The Kier molecular flexibility index (Phi) is 3.71. The first-order valence-corrected chi connectivity index (χ1v) is 4.65. The second kappa shape index (κ2) is 4.82. The zero-order chi connectivity index (χ0) is 9.68. The summed E-state index contributed by atoms with van der Waals surface area (Å²) in [6.07, 6.45) is 1.88. The van der Waals surface area contributed by atoms with E-state index >= 15 is 0 Å². The van der Waals surface area contributed by atoms with E-state index < -0.39 is 0 Å². The molecule has 0 aliphatic carbocycles. The molecule has 0 radical (unpaired) electrons. The summed E-state index contributed by atoms with van der Waals surface area (Å²) < 4.78 is 0. The van der Waals surface area contributed by atoms with Gasteiger partial charge in [0.05, 0.1) is 0 Å². The molecule has 0 atom stereocenters. The average molecular weight is 179 g/mol. The number of pyridine rings is 1. The molecule has 2 N–H and O–H groups in total. The number of hydrogen-bond donors (Lipinski definition) is 1. The van der Waals surface area contributed by atoms with Gasteiger partial charge in [0.2, 0.25) is 0 Å². The van der Waals surface area contributed by atoms with Crippen LogP contribution in [0.5, 0.6) is 0 Å². The number of rotatable bonds is 4. The minimum absolute atomic E-state index is 0.670. The van der Waals surface area contributed by atoms with E-state index in [0.29, 0.717) is 6.54 Å². The van der Waals surface area contributed by atoms with Crippen LogP contribution in [-0.4, -0.2) is 24.6 Å². The van der Waals surface area contributed by atoms with E-state index in [4.69, 9.17) is 5.73 Å². The van der Waals surface area contributed by atoms with Crippen molar-refractivity contribution in [3.8, 4) is 0 Å². The first-order chi connectivity index (χ1) is 6.27. The fraction of sp³-hybridized carbons (Fsp3) is 0.500. The van der Waals surface area contributed by atoms with Gasteiger partial charge in [-0.2, -0.15) is 0 Å². The highest BCUT2D eigenvalue weighted by Crippen LogP contribution is 2.09. The first-order valence-electron chi connectivity index (χ1n) is 4.65. The van der Waals surface area contributed by atoms with Gasteiger partial charge in [0.15, 0.2) is 0 Å². The van der Waals surface area contributed by atoms with Crippen LogP contribution in [0.1, 0.15) is 12.5 Å². The molecule has 0 aromatic carbocycles. The Morgan fingerprint density at radius 1 is 1.46 bits per heavy atom. The van der Waals surface area contributed by atoms with Crippen molar-refractivity contribution < 1.29 is 0 Å². The van der Waals surface area contributed by atoms with Crippen LogP contribution < -0.4 is 10.6 Å². The third kappa shape index (κ3) is 2.70. The maximum atomic E-state index is 5.50. The number of nitrogens with zero attached hydrogens (tertiary/aromatic N) is 2. The van der Waals surface area contributed by atoms with Gasteiger partial charge in [-0.1, -0.05) is 6.07 Å². The Hall–Kier alpha value is -1.09. The average Bonchev–Trinajstić information content (AvgIpc) is 2.16. The van der Waals surface area contributed by atoms with Crippen molar-refractivity contribution in [1.82, 2.24) is 4.98 Å². The van der Waals surface area contributed by atoms with E-state index in [9.17, 15) is 0 Å². The molecule has 3 nitrogen and oxygen atoms in total. The smallest absolute Gasteiger partial charge is 0.128 e. The van der Waals surface area contributed by atoms with Gasteiger partial charge in [-0.15, -0.1) is 0 Å². The maximum Gasteiger partial charge on any atom is 0.128 e. The Bertz CT molecular complexity index is 243. The lowest BCUT2D eigenvalue weighted by atomic mass is 10.3. The Labute approximate surface area is 79.6 Å². The van der Waals surface area contributed by atoms with Gasteiger partial charge in [0.25, 0.3) is 0 Å². The quantitative estimate of drug-likeness (QED) is 0.754. The van der Waals surface area contributed by atoms with Crippen LogP contribution in [0.4, 0.5) is 5.82 Å².